The van der Waals surface area contributed by atoms with Gasteiger partial charge in [-0.15, -0.1) is 11.3 Å². The summed E-state index contributed by atoms with van der Waals surface area (Å²) in [6, 6.07) is 3.95. The van der Waals surface area contributed by atoms with Gasteiger partial charge in [-0.25, -0.2) is 0 Å². The normalized spacial score (nSPS) is 8.64. The summed E-state index contributed by atoms with van der Waals surface area (Å²) in [6.07, 6.45) is 5.33. The lowest BCUT2D eigenvalue weighted by Gasteiger charge is -1.75. The number of allylic oxidation sites excluding steroid dienone is 3. The Morgan fingerprint density at radius 3 is 2.43 bits per heavy atom. The predicted octanol–water partition coefficient (Wildman–Crippen LogP) is 3.21. The van der Waals surface area contributed by atoms with E-state index in [9.17, 15) is 0 Å². The van der Waals surface area contributed by atoms with Gasteiger partial charge in [0.15, 0.2) is 0 Å². The molecule has 0 aliphatic heterocycles. The van der Waals surface area contributed by atoms with Gasteiger partial charge in [-0.05, 0) is 31.2 Å². The molecule has 1 heteroatoms. The molecule has 0 bridgehead atoms. The Morgan fingerprint density at radius 1 is 1.21 bits per heavy atom. The van der Waals surface area contributed by atoms with Crippen LogP contribution in [0.2, 0.25) is 0 Å². The van der Waals surface area contributed by atoms with E-state index in [2.05, 4.69) is 30.3 Å². The fraction of sp³-hybridized carbons (Fsp3) is 0.0769. The number of rotatable bonds is 0. The van der Waals surface area contributed by atoms with Gasteiger partial charge < -0.3 is 0 Å². The van der Waals surface area contributed by atoms with Gasteiger partial charge in [-0.1, -0.05) is 36.3 Å². The van der Waals surface area contributed by atoms with Crippen LogP contribution in [0.15, 0.2) is 36.9 Å². The van der Waals surface area contributed by atoms with Crippen LogP contribution in [0.3, 0.4) is 0 Å². The predicted molar refractivity (Wildman–Crippen MR) is 63.1 cm³/mol. The Hall–Kier alpha value is -1.70. The van der Waals surface area contributed by atoms with Crippen LogP contribution in [0.25, 0.3) is 0 Å². The van der Waals surface area contributed by atoms with Gasteiger partial charge in [0.1, 0.15) is 0 Å². The number of hydrogen-bond acceptors (Lipinski definition) is 1. The molecule has 68 valence electrons. The van der Waals surface area contributed by atoms with Crippen LogP contribution in [-0.2, 0) is 0 Å². The first-order valence-corrected chi connectivity index (χ1v) is 5.03. The molecule has 1 aromatic heterocycles. The highest BCUT2D eigenvalue weighted by atomic mass is 32.1. The summed E-state index contributed by atoms with van der Waals surface area (Å²) in [5.74, 6) is 11.7. The first-order valence-electron chi connectivity index (χ1n) is 4.22. The molecule has 0 nitrogen and oxygen atoms in total. The average molecular weight is 198 g/mol. The van der Waals surface area contributed by atoms with Crippen LogP contribution in [0, 0.1) is 23.7 Å². The van der Waals surface area contributed by atoms with Crippen molar-refractivity contribution in [3.63, 3.8) is 0 Å². The quantitative estimate of drug-likeness (QED) is 0.561. The van der Waals surface area contributed by atoms with Crippen molar-refractivity contribution < 1.29 is 0 Å². The zero-order valence-corrected chi connectivity index (χ0v) is 8.82. The first kappa shape index (κ1) is 10.4. The van der Waals surface area contributed by atoms with Gasteiger partial charge in [0.05, 0.1) is 9.75 Å². The van der Waals surface area contributed by atoms with E-state index >= 15 is 0 Å². The molecule has 0 saturated heterocycles. The molecule has 1 rings (SSSR count). The lowest BCUT2D eigenvalue weighted by Crippen LogP contribution is -1.58. The van der Waals surface area contributed by atoms with Gasteiger partial charge in [-0.3, -0.25) is 0 Å². The highest BCUT2D eigenvalue weighted by Crippen LogP contribution is 2.13. The molecule has 0 spiro atoms. The van der Waals surface area contributed by atoms with Crippen molar-refractivity contribution in [3.8, 4) is 23.7 Å². The lowest BCUT2D eigenvalue weighted by molar-refractivity contribution is 1.76. The smallest absolute Gasteiger partial charge is 0.0785 e. The van der Waals surface area contributed by atoms with E-state index in [4.69, 9.17) is 0 Å². The molecule has 14 heavy (non-hydrogen) atoms. The molecule has 0 unspecified atom stereocenters. The second kappa shape index (κ2) is 5.86. The Balaban J connectivity index is 2.79. The van der Waals surface area contributed by atoms with Crippen molar-refractivity contribution in [1.82, 2.24) is 0 Å². The standard InChI is InChI=1S/C13H10S/c1-3-5-7-9-13-11-10-12(14-13)8-6-4-2/h3-5,10-11H,2H2,1H3. The summed E-state index contributed by atoms with van der Waals surface area (Å²) >= 11 is 1.59. The van der Waals surface area contributed by atoms with Gasteiger partial charge in [0.2, 0.25) is 0 Å². The minimum Gasteiger partial charge on any atom is -0.118 e. The third-order valence-corrected chi connectivity index (χ3v) is 2.26. The van der Waals surface area contributed by atoms with Crippen molar-refractivity contribution in [2.75, 3.05) is 0 Å². The lowest BCUT2D eigenvalue weighted by atomic mass is 10.4. The highest BCUT2D eigenvalue weighted by Gasteiger charge is 1.92. The zero-order valence-electron chi connectivity index (χ0n) is 8.00. The summed E-state index contributed by atoms with van der Waals surface area (Å²) in [5, 5.41) is 0. The summed E-state index contributed by atoms with van der Waals surface area (Å²) in [7, 11) is 0. The number of thiophene rings is 1. The van der Waals surface area contributed by atoms with Crippen molar-refractivity contribution >= 4 is 11.3 Å². The maximum Gasteiger partial charge on any atom is 0.0785 e. The molecule has 0 radical (unpaired) electrons. The van der Waals surface area contributed by atoms with Crippen LogP contribution in [0.4, 0.5) is 0 Å². The molecule has 0 fully saturated rings. The van der Waals surface area contributed by atoms with E-state index in [0.29, 0.717) is 0 Å². The molecular formula is C13H10S. The number of hydrogen-bond donors (Lipinski definition) is 0. The van der Waals surface area contributed by atoms with Crippen LogP contribution in [0.1, 0.15) is 16.7 Å². The molecule has 1 heterocycles. The van der Waals surface area contributed by atoms with E-state index in [-0.39, 0.29) is 0 Å². The molecule has 0 saturated carbocycles. The van der Waals surface area contributed by atoms with E-state index in [1.807, 2.05) is 31.2 Å². The largest absolute Gasteiger partial charge is 0.118 e. The third-order valence-electron chi connectivity index (χ3n) is 1.35. The van der Waals surface area contributed by atoms with Gasteiger partial charge in [0.25, 0.3) is 0 Å². The minimum atomic E-state index is 1.02. The maximum absolute atomic E-state index is 3.54. The van der Waals surface area contributed by atoms with Crippen molar-refractivity contribution in [1.29, 1.82) is 0 Å². The summed E-state index contributed by atoms with van der Waals surface area (Å²) in [5.41, 5.74) is 0. The first-order chi connectivity index (χ1) is 6.86. The molecule has 0 aromatic carbocycles. The van der Waals surface area contributed by atoms with Crippen LogP contribution >= 0.6 is 11.3 Å². The SMILES string of the molecule is C=CC#Cc1ccc(C#CC=CC)s1. The van der Waals surface area contributed by atoms with Crippen molar-refractivity contribution in [3.05, 3.63) is 46.7 Å². The summed E-state index contributed by atoms with van der Waals surface area (Å²) in [6.45, 7) is 5.49. The highest BCUT2D eigenvalue weighted by molar-refractivity contribution is 7.13. The van der Waals surface area contributed by atoms with E-state index in [1.165, 1.54) is 0 Å². The fourth-order valence-electron chi connectivity index (χ4n) is 0.791. The van der Waals surface area contributed by atoms with Gasteiger partial charge in [0, 0.05) is 0 Å². The minimum absolute atomic E-state index is 1.02. The molecule has 0 aliphatic rings. The molecule has 0 aliphatic carbocycles. The topological polar surface area (TPSA) is 0 Å². The van der Waals surface area contributed by atoms with Crippen LogP contribution in [0.5, 0.6) is 0 Å². The maximum atomic E-state index is 3.54. The van der Waals surface area contributed by atoms with Crippen LogP contribution in [-0.4, -0.2) is 0 Å². The molecule has 0 atom stereocenters. The second-order valence-corrected chi connectivity index (χ2v) is 3.49. The van der Waals surface area contributed by atoms with Crippen LogP contribution < -0.4 is 0 Å². The zero-order chi connectivity index (χ0) is 10.2. The summed E-state index contributed by atoms with van der Waals surface area (Å²) in [4.78, 5) is 2.06. The monoisotopic (exact) mass is 198 g/mol. The molecule has 0 N–H and O–H groups in total. The second-order valence-electron chi connectivity index (χ2n) is 2.41. The Labute approximate surface area is 89.0 Å². The van der Waals surface area contributed by atoms with Gasteiger partial charge in [-0.2, -0.15) is 0 Å². The molecular weight excluding hydrogens is 188 g/mol. The molecule has 1 aromatic rings. The van der Waals surface area contributed by atoms with E-state index in [0.717, 1.165) is 9.75 Å². The average Bonchev–Trinajstić information content (AvgIpc) is 2.63. The fourth-order valence-corrected chi connectivity index (χ4v) is 1.52. The van der Waals surface area contributed by atoms with Crippen molar-refractivity contribution in [2.24, 2.45) is 0 Å². The van der Waals surface area contributed by atoms with Gasteiger partial charge >= 0.3 is 0 Å². The third kappa shape index (κ3) is 3.35. The van der Waals surface area contributed by atoms with E-state index in [1.54, 1.807) is 17.4 Å². The Bertz CT molecular complexity index is 453. The van der Waals surface area contributed by atoms with Crippen molar-refractivity contribution in [2.45, 2.75) is 6.92 Å². The van der Waals surface area contributed by atoms with E-state index < -0.39 is 0 Å². The summed E-state index contributed by atoms with van der Waals surface area (Å²) < 4.78 is 0. The Kier molecular flexibility index (Phi) is 4.35. The molecule has 0 amide bonds. The Morgan fingerprint density at radius 2 is 1.86 bits per heavy atom.